The third-order valence-electron chi connectivity index (χ3n) is 3.98. The van der Waals surface area contributed by atoms with Gasteiger partial charge in [0.25, 0.3) is 0 Å². The monoisotopic (exact) mass is 312 g/mol. The number of carbonyl (C=O) groups is 1. The lowest BCUT2D eigenvalue weighted by atomic mass is 9.81. The lowest BCUT2D eigenvalue weighted by Gasteiger charge is -2.25. The van der Waals surface area contributed by atoms with Crippen LogP contribution in [0.4, 0.5) is 0 Å². The summed E-state index contributed by atoms with van der Waals surface area (Å²) in [6.45, 7) is 1.99. The fraction of sp³-hybridized carbons (Fsp3) is 0.562. The predicted octanol–water partition coefficient (Wildman–Crippen LogP) is 4.28. The Morgan fingerprint density at radius 2 is 2.05 bits per heavy atom. The molecular weight excluding hydrogens is 292 g/mol. The number of benzene rings is 1. The second-order valence-electron chi connectivity index (χ2n) is 5.26. The maximum Gasteiger partial charge on any atom is 0.342 e. The summed E-state index contributed by atoms with van der Waals surface area (Å²) in [7, 11) is 1.50. The van der Waals surface area contributed by atoms with Crippen molar-refractivity contribution < 1.29 is 19.4 Å². The van der Waals surface area contributed by atoms with Gasteiger partial charge in [-0.15, -0.1) is 0 Å². The highest BCUT2D eigenvalue weighted by molar-refractivity contribution is 6.34. The smallest absolute Gasteiger partial charge is 0.342 e. The number of phenols is 1. The summed E-state index contributed by atoms with van der Waals surface area (Å²) in [5.41, 5.74) is 0.974. The van der Waals surface area contributed by atoms with E-state index in [4.69, 9.17) is 21.1 Å². The van der Waals surface area contributed by atoms with Crippen molar-refractivity contribution >= 4 is 17.6 Å². The molecule has 0 spiro atoms. The Morgan fingerprint density at radius 3 is 2.62 bits per heavy atom. The van der Waals surface area contributed by atoms with E-state index in [1.165, 1.54) is 13.5 Å². The number of hydrogen-bond donors (Lipinski definition) is 1. The number of aromatic hydroxyl groups is 1. The van der Waals surface area contributed by atoms with Crippen LogP contribution < -0.4 is 4.74 Å². The minimum absolute atomic E-state index is 0.0557. The molecule has 1 aromatic rings. The molecule has 0 unspecified atom stereocenters. The van der Waals surface area contributed by atoms with Crippen LogP contribution in [0.3, 0.4) is 0 Å². The summed E-state index contributed by atoms with van der Waals surface area (Å²) < 4.78 is 10.3. The van der Waals surface area contributed by atoms with Crippen molar-refractivity contribution in [3.05, 3.63) is 22.2 Å². The molecule has 21 heavy (non-hydrogen) atoms. The van der Waals surface area contributed by atoms with E-state index in [1.54, 1.807) is 13.0 Å². The zero-order chi connectivity index (χ0) is 15.4. The van der Waals surface area contributed by atoms with E-state index >= 15 is 0 Å². The second-order valence-corrected chi connectivity index (χ2v) is 5.64. The molecule has 1 aliphatic carbocycles. The highest BCUT2D eigenvalue weighted by atomic mass is 35.5. The highest BCUT2D eigenvalue weighted by Crippen LogP contribution is 2.44. The molecule has 4 nitrogen and oxygen atoms in total. The molecule has 0 aliphatic heterocycles. The predicted molar refractivity (Wildman–Crippen MR) is 81.5 cm³/mol. The van der Waals surface area contributed by atoms with Gasteiger partial charge in [0, 0.05) is 0 Å². The van der Waals surface area contributed by atoms with Crippen LogP contribution in [0.2, 0.25) is 5.02 Å². The standard InChI is InChI=1S/C16H21ClO4/c1-3-21-16(19)13-11(10-7-5-4-6-8-10)9-12(20-2)14(17)15(13)18/h9-10,18H,3-8H2,1-2H3. The number of methoxy groups -OCH3 is 1. The van der Waals surface area contributed by atoms with Crippen molar-refractivity contribution in [2.45, 2.75) is 44.9 Å². The molecule has 1 N–H and O–H groups in total. The fourth-order valence-corrected chi connectivity index (χ4v) is 3.17. The van der Waals surface area contributed by atoms with Gasteiger partial charge in [-0.25, -0.2) is 4.79 Å². The summed E-state index contributed by atoms with van der Waals surface area (Å²) in [4.78, 5) is 12.2. The molecule has 0 bridgehead atoms. The first-order chi connectivity index (χ1) is 10.1. The topological polar surface area (TPSA) is 55.8 Å². The molecular formula is C16H21ClO4. The Morgan fingerprint density at radius 1 is 1.38 bits per heavy atom. The van der Waals surface area contributed by atoms with Crippen LogP contribution in [-0.2, 0) is 4.74 Å². The summed E-state index contributed by atoms with van der Waals surface area (Å²) in [5, 5.41) is 10.4. The van der Waals surface area contributed by atoms with E-state index in [9.17, 15) is 9.90 Å². The van der Waals surface area contributed by atoms with Crippen molar-refractivity contribution in [3.8, 4) is 11.5 Å². The van der Waals surface area contributed by atoms with E-state index in [2.05, 4.69) is 0 Å². The van der Waals surface area contributed by atoms with Gasteiger partial charge in [-0.1, -0.05) is 30.9 Å². The zero-order valence-corrected chi connectivity index (χ0v) is 13.2. The number of esters is 1. The van der Waals surface area contributed by atoms with Crippen LogP contribution >= 0.6 is 11.6 Å². The van der Waals surface area contributed by atoms with Crippen LogP contribution in [0.15, 0.2) is 6.07 Å². The van der Waals surface area contributed by atoms with Gasteiger partial charge in [-0.05, 0) is 37.3 Å². The first-order valence-electron chi connectivity index (χ1n) is 7.36. The second kappa shape index (κ2) is 7.03. The van der Waals surface area contributed by atoms with Gasteiger partial charge in [-0.3, -0.25) is 0 Å². The molecule has 0 atom stereocenters. The molecule has 116 valence electrons. The molecule has 5 heteroatoms. The van der Waals surface area contributed by atoms with E-state index in [1.807, 2.05) is 0 Å². The highest BCUT2D eigenvalue weighted by Gasteiger charge is 2.28. The lowest BCUT2D eigenvalue weighted by molar-refractivity contribution is 0.0520. The summed E-state index contributed by atoms with van der Waals surface area (Å²) in [6.07, 6.45) is 5.45. The van der Waals surface area contributed by atoms with Gasteiger partial charge in [0.1, 0.15) is 16.3 Å². The van der Waals surface area contributed by atoms with Gasteiger partial charge in [0.15, 0.2) is 5.75 Å². The molecule has 0 heterocycles. The number of carbonyl (C=O) groups excluding carboxylic acids is 1. The van der Waals surface area contributed by atoms with Gasteiger partial charge < -0.3 is 14.6 Å². The first-order valence-corrected chi connectivity index (χ1v) is 7.74. The van der Waals surface area contributed by atoms with Gasteiger partial charge in [0.2, 0.25) is 0 Å². The third kappa shape index (κ3) is 3.26. The zero-order valence-electron chi connectivity index (χ0n) is 12.4. The number of hydrogen-bond acceptors (Lipinski definition) is 4. The van der Waals surface area contributed by atoms with Crippen LogP contribution in [-0.4, -0.2) is 24.8 Å². The Balaban J connectivity index is 2.53. The van der Waals surface area contributed by atoms with Crippen molar-refractivity contribution in [1.29, 1.82) is 0 Å². The molecule has 0 aromatic heterocycles. The minimum Gasteiger partial charge on any atom is -0.505 e. The Bertz CT molecular complexity index is 521. The molecule has 1 aliphatic rings. The Labute approximate surface area is 130 Å². The average molecular weight is 313 g/mol. The lowest BCUT2D eigenvalue weighted by Crippen LogP contribution is -2.14. The maximum atomic E-state index is 12.2. The van der Waals surface area contributed by atoms with E-state index in [-0.39, 0.29) is 28.9 Å². The largest absolute Gasteiger partial charge is 0.505 e. The third-order valence-corrected chi connectivity index (χ3v) is 4.35. The molecule has 0 amide bonds. The molecule has 1 aromatic carbocycles. The maximum absolute atomic E-state index is 12.2. The molecule has 2 rings (SSSR count). The quantitative estimate of drug-likeness (QED) is 0.843. The van der Waals surface area contributed by atoms with E-state index in [0.717, 1.165) is 31.2 Å². The van der Waals surface area contributed by atoms with E-state index < -0.39 is 5.97 Å². The van der Waals surface area contributed by atoms with Crippen molar-refractivity contribution in [2.24, 2.45) is 0 Å². The van der Waals surface area contributed by atoms with E-state index in [0.29, 0.717) is 5.75 Å². The Kier molecular flexibility index (Phi) is 5.34. The Hall–Kier alpha value is -1.42. The van der Waals surface area contributed by atoms with Crippen molar-refractivity contribution in [3.63, 3.8) is 0 Å². The summed E-state index contributed by atoms with van der Waals surface area (Å²) >= 11 is 6.07. The number of phenolic OH excluding ortho intramolecular Hbond substituents is 1. The fourth-order valence-electron chi connectivity index (χ4n) is 2.94. The SMILES string of the molecule is CCOC(=O)c1c(C2CCCCC2)cc(OC)c(Cl)c1O. The first kappa shape index (κ1) is 16.0. The van der Waals surface area contributed by atoms with Gasteiger partial charge >= 0.3 is 5.97 Å². The van der Waals surface area contributed by atoms with Gasteiger partial charge in [-0.2, -0.15) is 0 Å². The van der Waals surface area contributed by atoms with Crippen molar-refractivity contribution in [1.82, 2.24) is 0 Å². The molecule has 1 saturated carbocycles. The number of halogens is 1. The van der Waals surface area contributed by atoms with Crippen molar-refractivity contribution in [2.75, 3.05) is 13.7 Å². The van der Waals surface area contributed by atoms with Crippen LogP contribution in [0.25, 0.3) is 0 Å². The molecule has 1 fully saturated rings. The van der Waals surface area contributed by atoms with Crippen LogP contribution in [0.5, 0.6) is 11.5 Å². The van der Waals surface area contributed by atoms with Crippen LogP contribution in [0, 0.1) is 0 Å². The number of rotatable bonds is 4. The average Bonchev–Trinajstić information content (AvgIpc) is 2.50. The minimum atomic E-state index is -0.528. The summed E-state index contributed by atoms with van der Waals surface area (Å²) in [6, 6.07) is 1.77. The van der Waals surface area contributed by atoms with Gasteiger partial charge in [0.05, 0.1) is 13.7 Å². The summed E-state index contributed by atoms with van der Waals surface area (Å²) in [5.74, 6) is -0.145. The van der Waals surface area contributed by atoms with Crippen LogP contribution in [0.1, 0.15) is 60.9 Å². The number of ether oxygens (including phenoxy) is 2. The normalized spacial score (nSPS) is 15.8. The molecule has 0 radical (unpaired) electrons. The molecule has 0 saturated heterocycles.